The highest BCUT2D eigenvalue weighted by Gasteiger charge is 2.14. The highest BCUT2D eigenvalue weighted by Crippen LogP contribution is 2.23. The normalized spacial score (nSPS) is 12.7. The first-order chi connectivity index (χ1) is 8.11. The molecule has 0 aliphatic heterocycles. The molecule has 1 aromatic heterocycles. The minimum absolute atomic E-state index is 0.167. The lowest BCUT2D eigenvalue weighted by Gasteiger charge is -2.02. The first kappa shape index (κ1) is 11.8. The lowest BCUT2D eigenvalue weighted by molar-refractivity contribution is 0.177. The molecule has 0 aliphatic rings. The average molecular weight is 231 g/mol. The Balaban J connectivity index is 2.42. The molecular formula is C13H17N3O. The molecule has 0 spiro atoms. The fourth-order valence-electron chi connectivity index (χ4n) is 1.83. The van der Waals surface area contributed by atoms with Crippen molar-refractivity contribution in [2.45, 2.75) is 20.0 Å². The van der Waals surface area contributed by atoms with Gasteiger partial charge in [0.1, 0.15) is 11.9 Å². The minimum Gasteiger partial charge on any atom is -0.384 e. The zero-order valence-electron chi connectivity index (χ0n) is 10.1. The van der Waals surface area contributed by atoms with Gasteiger partial charge >= 0.3 is 0 Å². The average Bonchev–Trinajstić information content (AvgIpc) is 2.70. The number of hydrogen-bond acceptors (Lipinski definition) is 3. The summed E-state index contributed by atoms with van der Waals surface area (Å²) in [6.07, 6.45) is -0.729. The van der Waals surface area contributed by atoms with E-state index in [1.807, 2.05) is 32.0 Å². The molecule has 90 valence electrons. The molecule has 2 rings (SSSR count). The second-order valence-electron chi connectivity index (χ2n) is 4.22. The summed E-state index contributed by atoms with van der Waals surface area (Å²) in [7, 11) is 0. The zero-order chi connectivity index (χ0) is 12.4. The van der Waals surface area contributed by atoms with Crippen LogP contribution >= 0.6 is 0 Å². The van der Waals surface area contributed by atoms with E-state index >= 15 is 0 Å². The van der Waals surface area contributed by atoms with E-state index in [-0.39, 0.29) is 6.54 Å². The number of aliphatic hydroxyl groups excluding tert-OH is 1. The number of benzene rings is 1. The molecule has 1 heterocycles. The lowest BCUT2D eigenvalue weighted by atomic mass is 10.1. The summed E-state index contributed by atoms with van der Waals surface area (Å²) in [6.45, 7) is 4.15. The SMILES string of the molecule is Cc1cccc(-c2nc(C(O)CN)[nH]c2C)c1. The van der Waals surface area contributed by atoms with Crippen LogP contribution in [0.4, 0.5) is 0 Å². The van der Waals surface area contributed by atoms with Gasteiger partial charge < -0.3 is 15.8 Å². The Bertz CT molecular complexity index is 519. The van der Waals surface area contributed by atoms with Crippen molar-refractivity contribution in [1.82, 2.24) is 9.97 Å². The fraction of sp³-hybridized carbons (Fsp3) is 0.308. The molecule has 1 atom stereocenters. The van der Waals surface area contributed by atoms with Gasteiger partial charge in [-0.25, -0.2) is 4.98 Å². The van der Waals surface area contributed by atoms with E-state index in [9.17, 15) is 5.11 Å². The molecule has 0 fully saturated rings. The molecule has 1 unspecified atom stereocenters. The number of aliphatic hydroxyl groups is 1. The lowest BCUT2D eigenvalue weighted by Crippen LogP contribution is -2.12. The number of aryl methyl sites for hydroxylation is 2. The Kier molecular flexibility index (Phi) is 3.26. The molecule has 1 aromatic carbocycles. The van der Waals surface area contributed by atoms with E-state index < -0.39 is 6.10 Å². The number of H-pyrrole nitrogens is 1. The number of imidazole rings is 1. The maximum atomic E-state index is 9.65. The summed E-state index contributed by atoms with van der Waals surface area (Å²) >= 11 is 0. The number of hydrogen-bond donors (Lipinski definition) is 3. The Morgan fingerprint density at radius 2 is 2.18 bits per heavy atom. The van der Waals surface area contributed by atoms with E-state index in [2.05, 4.69) is 16.0 Å². The second-order valence-corrected chi connectivity index (χ2v) is 4.22. The van der Waals surface area contributed by atoms with Gasteiger partial charge in [0.2, 0.25) is 0 Å². The predicted octanol–water partition coefficient (Wildman–Crippen LogP) is 1.69. The van der Waals surface area contributed by atoms with Crippen molar-refractivity contribution >= 4 is 0 Å². The van der Waals surface area contributed by atoms with Crippen LogP contribution in [0.1, 0.15) is 23.2 Å². The largest absolute Gasteiger partial charge is 0.384 e. The molecule has 4 heteroatoms. The van der Waals surface area contributed by atoms with Crippen LogP contribution in [0.2, 0.25) is 0 Å². The van der Waals surface area contributed by atoms with Crippen LogP contribution in [-0.4, -0.2) is 21.6 Å². The van der Waals surface area contributed by atoms with Crippen molar-refractivity contribution in [3.63, 3.8) is 0 Å². The van der Waals surface area contributed by atoms with Crippen LogP contribution in [-0.2, 0) is 0 Å². The van der Waals surface area contributed by atoms with Gasteiger partial charge in [-0.05, 0) is 19.9 Å². The Morgan fingerprint density at radius 3 is 2.82 bits per heavy atom. The third-order valence-corrected chi connectivity index (χ3v) is 2.73. The van der Waals surface area contributed by atoms with Crippen LogP contribution in [0, 0.1) is 13.8 Å². The van der Waals surface area contributed by atoms with Crippen molar-refractivity contribution in [1.29, 1.82) is 0 Å². The Hall–Kier alpha value is -1.65. The summed E-state index contributed by atoms with van der Waals surface area (Å²) in [5.74, 6) is 0.529. The summed E-state index contributed by atoms with van der Waals surface area (Å²) in [5.41, 5.74) is 9.47. The minimum atomic E-state index is -0.729. The fourth-order valence-corrected chi connectivity index (χ4v) is 1.83. The van der Waals surface area contributed by atoms with Gasteiger partial charge in [-0.15, -0.1) is 0 Å². The molecule has 0 amide bonds. The van der Waals surface area contributed by atoms with Crippen molar-refractivity contribution in [2.75, 3.05) is 6.54 Å². The smallest absolute Gasteiger partial charge is 0.137 e. The molecule has 0 aliphatic carbocycles. The summed E-state index contributed by atoms with van der Waals surface area (Å²) in [6, 6.07) is 8.12. The van der Waals surface area contributed by atoms with Gasteiger partial charge in [0.05, 0.1) is 5.69 Å². The quantitative estimate of drug-likeness (QED) is 0.752. The van der Waals surface area contributed by atoms with Crippen LogP contribution < -0.4 is 5.73 Å². The van der Waals surface area contributed by atoms with Gasteiger partial charge in [0.15, 0.2) is 0 Å². The highest BCUT2D eigenvalue weighted by atomic mass is 16.3. The van der Waals surface area contributed by atoms with Gasteiger partial charge in [0.25, 0.3) is 0 Å². The van der Waals surface area contributed by atoms with Gasteiger partial charge in [-0.1, -0.05) is 23.8 Å². The molecular weight excluding hydrogens is 214 g/mol. The van der Waals surface area contributed by atoms with Crippen molar-refractivity contribution in [3.8, 4) is 11.3 Å². The van der Waals surface area contributed by atoms with Crippen LogP contribution in [0.5, 0.6) is 0 Å². The second kappa shape index (κ2) is 4.69. The van der Waals surface area contributed by atoms with E-state index in [1.54, 1.807) is 0 Å². The molecule has 0 saturated carbocycles. The van der Waals surface area contributed by atoms with Crippen molar-refractivity contribution in [3.05, 3.63) is 41.3 Å². The maximum Gasteiger partial charge on any atom is 0.137 e. The van der Waals surface area contributed by atoms with Crippen LogP contribution in [0.15, 0.2) is 24.3 Å². The molecule has 0 radical (unpaired) electrons. The Labute approximate surface area is 101 Å². The number of rotatable bonds is 3. The first-order valence-corrected chi connectivity index (χ1v) is 5.63. The topological polar surface area (TPSA) is 74.9 Å². The maximum absolute atomic E-state index is 9.65. The number of aromatic nitrogens is 2. The first-order valence-electron chi connectivity index (χ1n) is 5.63. The van der Waals surface area contributed by atoms with Gasteiger partial charge in [0, 0.05) is 17.8 Å². The van der Waals surface area contributed by atoms with E-state index in [4.69, 9.17) is 5.73 Å². The highest BCUT2D eigenvalue weighted by molar-refractivity contribution is 5.62. The molecule has 17 heavy (non-hydrogen) atoms. The molecule has 0 saturated heterocycles. The zero-order valence-corrected chi connectivity index (χ0v) is 10.1. The number of nitrogens with two attached hydrogens (primary N) is 1. The Morgan fingerprint density at radius 1 is 1.41 bits per heavy atom. The van der Waals surface area contributed by atoms with Crippen LogP contribution in [0.3, 0.4) is 0 Å². The summed E-state index contributed by atoms with van der Waals surface area (Å²) < 4.78 is 0. The third-order valence-electron chi connectivity index (χ3n) is 2.73. The standard InChI is InChI=1S/C13H17N3O/c1-8-4-3-5-10(6-8)12-9(2)15-13(16-12)11(17)7-14/h3-6,11,17H,7,14H2,1-2H3,(H,15,16). The van der Waals surface area contributed by atoms with Gasteiger partial charge in [-0.3, -0.25) is 0 Å². The van der Waals surface area contributed by atoms with E-state index in [0.717, 1.165) is 17.0 Å². The molecule has 4 nitrogen and oxygen atoms in total. The molecule has 0 bridgehead atoms. The third kappa shape index (κ3) is 2.38. The summed E-state index contributed by atoms with van der Waals surface area (Å²) in [5, 5.41) is 9.65. The number of nitrogens with one attached hydrogen (secondary N) is 1. The van der Waals surface area contributed by atoms with Crippen molar-refractivity contribution < 1.29 is 5.11 Å². The van der Waals surface area contributed by atoms with Crippen molar-refractivity contribution in [2.24, 2.45) is 5.73 Å². The van der Waals surface area contributed by atoms with Gasteiger partial charge in [-0.2, -0.15) is 0 Å². The van der Waals surface area contributed by atoms with Crippen LogP contribution in [0.25, 0.3) is 11.3 Å². The van der Waals surface area contributed by atoms with E-state index in [0.29, 0.717) is 5.82 Å². The number of aromatic amines is 1. The predicted molar refractivity (Wildman–Crippen MR) is 67.5 cm³/mol. The molecule has 4 N–H and O–H groups in total. The monoisotopic (exact) mass is 231 g/mol. The molecule has 2 aromatic rings. The number of nitrogens with zero attached hydrogens (tertiary/aromatic N) is 1. The summed E-state index contributed by atoms with van der Waals surface area (Å²) in [4.78, 5) is 7.48. The van der Waals surface area contributed by atoms with E-state index in [1.165, 1.54) is 5.56 Å².